The lowest BCUT2D eigenvalue weighted by molar-refractivity contribution is -0.141. The van der Waals surface area contributed by atoms with Crippen LogP contribution in [0.4, 0.5) is 0 Å². The quantitative estimate of drug-likeness (QED) is 0.434. The van der Waals surface area contributed by atoms with E-state index in [0.717, 1.165) is 0 Å². The van der Waals surface area contributed by atoms with Gasteiger partial charge >= 0.3 is 5.97 Å². The number of esters is 1. The highest BCUT2D eigenvalue weighted by Gasteiger charge is 2.12. The van der Waals surface area contributed by atoms with Crippen LogP contribution in [0.3, 0.4) is 0 Å². The second kappa shape index (κ2) is 5.58. The van der Waals surface area contributed by atoms with Crippen molar-refractivity contribution in [3.05, 3.63) is 0 Å². The van der Waals surface area contributed by atoms with Crippen LogP contribution in [0.2, 0.25) is 0 Å². The molecule has 0 fully saturated rings. The summed E-state index contributed by atoms with van der Waals surface area (Å²) in [6, 6.07) is 0. The van der Waals surface area contributed by atoms with Gasteiger partial charge in [0.05, 0.1) is 12.7 Å². The summed E-state index contributed by atoms with van der Waals surface area (Å²) in [6.45, 7) is 1.33. The van der Waals surface area contributed by atoms with E-state index in [0.29, 0.717) is 0 Å². The monoisotopic (exact) mass is 172 g/mol. The molecule has 0 aliphatic heterocycles. The summed E-state index contributed by atoms with van der Waals surface area (Å²) in [4.78, 5) is 10.3. The molecule has 0 amide bonds. The number of terminal acetylenes is 1. The molecule has 0 aromatic rings. The summed E-state index contributed by atoms with van der Waals surface area (Å²) in [7, 11) is 0. The normalized spacial score (nSPS) is 14.5. The first-order valence-corrected chi connectivity index (χ1v) is 3.53. The first kappa shape index (κ1) is 11.0. The lowest BCUT2D eigenvalue weighted by Crippen LogP contribution is -2.25. The maximum atomic E-state index is 10.3. The molecule has 0 aliphatic carbocycles. The molecule has 0 saturated heterocycles. The largest absolute Gasteiger partial charge is 0.466 e. The first-order chi connectivity index (χ1) is 5.57. The van der Waals surface area contributed by atoms with Crippen LogP contribution in [0, 0.1) is 12.3 Å². The highest BCUT2D eigenvalue weighted by molar-refractivity contribution is 5.65. The summed E-state index contributed by atoms with van der Waals surface area (Å²) in [5.74, 6) is 1.55. The molecule has 0 aromatic carbocycles. The Labute approximate surface area is 71.2 Å². The third-order valence-electron chi connectivity index (χ3n) is 1.25. The minimum absolute atomic E-state index is 0.0647. The molecule has 0 bridgehead atoms. The maximum absolute atomic E-state index is 10.3. The second-order valence-corrected chi connectivity index (χ2v) is 2.31. The molecule has 2 N–H and O–H groups in total. The molecule has 12 heavy (non-hydrogen) atoms. The molecular formula is C8H12O4. The maximum Gasteiger partial charge on any atom is 0.302 e. The SMILES string of the molecule is C#CC(O)C(O)CCOC(C)=O. The average Bonchev–Trinajstić information content (AvgIpc) is 2.02. The summed E-state index contributed by atoms with van der Waals surface area (Å²) >= 11 is 0. The summed E-state index contributed by atoms with van der Waals surface area (Å²) in [6.07, 6.45) is 2.75. The Bertz CT molecular complexity index is 182. The number of hydrogen-bond acceptors (Lipinski definition) is 4. The van der Waals surface area contributed by atoms with Crippen molar-refractivity contribution in [2.24, 2.45) is 0 Å². The smallest absolute Gasteiger partial charge is 0.302 e. The summed E-state index contributed by atoms with van der Waals surface area (Å²) < 4.78 is 4.53. The van der Waals surface area contributed by atoms with Gasteiger partial charge in [-0.3, -0.25) is 4.79 Å². The lowest BCUT2D eigenvalue weighted by atomic mass is 10.1. The van der Waals surface area contributed by atoms with Gasteiger partial charge in [0.25, 0.3) is 0 Å². The van der Waals surface area contributed by atoms with Gasteiger partial charge in [-0.15, -0.1) is 6.42 Å². The molecule has 2 unspecified atom stereocenters. The van der Waals surface area contributed by atoms with Gasteiger partial charge in [-0.1, -0.05) is 5.92 Å². The molecule has 0 aliphatic rings. The predicted octanol–water partition coefficient (Wildman–Crippen LogP) is -0.705. The molecule has 0 saturated carbocycles. The van der Waals surface area contributed by atoms with Crippen molar-refractivity contribution in [2.75, 3.05) is 6.61 Å². The zero-order chi connectivity index (χ0) is 9.56. The number of carbonyl (C=O) groups excluding carboxylic acids is 1. The van der Waals surface area contributed by atoms with E-state index in [9.17, 15) is 4.79 Å². The number of aliphatic hydroxyl groups is 2. The Morgan fingerprint density at radius 1 is 1.67 bits per heavy atom. The highest BCUT2D eigenvalue weighted by atomic mass is 16.5. The zero-order valence-electron chi connectivity index (χ0n) is 6.86. The Hall–Kier alpha value is -1.05. The van der Waals surface area contributed by atoms with Crippen LogP contribution in [0.15, 0.2) is 0 Å². The Balaban J connectivity index is 3.51. The Kier molecular flexibility index (Phi) is 5.09. The van der Waals surface area contributed by atoms with Gasteiger partial charge in [-0.25, -0.2) is 0 Å². The molecule has 68 valence electrons. The van der Waals surface area contributed by atoms with E-state index in [1.54, 1.807) is 0 Å². The molecule has 0 radical (unpaired) electrons. The van der Waals surface area contributed by atoms with Crippen molar-refractivity contribution < 1.29 is 19.7 Å². The van der Waals surface area contributed by atoms with Crippen LogP contribution in [0.25, 0.3) is 0 Å². The fourth-order valence-corrected chi connectivity index (χ4v) is 0.592. The molecule has 0 rings (SSSR count). The van der Waals surface area contributed by atoms with E-state index < -0.39 is 18.2 Å². The van der Waals surface area contributed by atoms with Gasteiger partial charge in [-0.2, -0.15) is 0 Å². The van der Waals surface area contributed by atoms with Gasteiger partial charge in [0.15, 0.2) is 0 Å². The van der Waals surface area contributed by atoms with E-state index in [1.165, 1.54) is 6.92 Å². The number of carbonyl (C=O) groups is 1. The molecule has 0 aromatic heterocycles. The van der Waals surface area contributed by atoms with E-state index >= 15 is 0 Å². The van der Waals surface area contributed by atoms with Crippen LogP contribution in [-0.2, 0) is 9.53 Å². The molecule has 2 atom stereocenters. The third-order valence-corrected chi connectivity index (χ3v) is 1.25. The van der Waals surface area contributed by atoms with Crippen molar-refractivity contribution in [1.29, 1.82) is 0 Å². The second-order valence-electron chi connectivity index (χ2n) is 2.31. The van der Waals surface area contributed by atoms with Crippen molar-refractivity contribution >= 4 is 5.97 Å². The number of hydrogen-bond donors (Lipinski definition) is 2. The van der Waals surface area contributed by atoms with Crippen LogP contribution >= 0.6 is 0 Å². The zero-order valence-corrected chi connectivity index (χ0v) is 6.86. The van der Waals surface area contributed by atoms with Gasteiger partial charge < -0.3 is 14.9 Å². The van der Waals surface area contributed by atoms with Crippen molar-refractivity contribution in [3.63, 3.8) is 0 Å². The highest BCUT2D eigenvalue weighted by Crippen LogP contribution is 1.98. The third kappa shape index (κ3) is 4.72. The van der Waals surface area contributed by atoms with E-state index in [1.807, 2.05) is 5.92 Å². The van der Waals surface area contributed by atoms with E-state index in [4.69, 9.17) is 16.6 Å². The number of aliphatic hydroxyl groups excluding tert-OH is 2. The number of ether oxygens (including phenoxy) is 1. The van der Waals surface area contributed by atoms with Gasteiger partial charge in [0.1, 0.15) is 6.10 Å². The van der Waals surface area contributed by atoms with Crippen molar-refractivity contribution in [1.82, 2.24) is 0 Å². The van der Waals surface area contributed by atoms with Gasteiger partial charge in [-0.05, 0) is 0 Å². The molecule has 0 spiro atoms. The van der Waals surface area contributed by atoms with E-state index in [-0.39, 0.29) is 13.0 Å². The minimum atomic E-state index is -1.19. The topological polar surface area (TPSA) is 66.8 Å². The minimum Gasteiger partial charge on any atom is -0.466 e. The lowest BCUT2D eigenvalue weighted by Gasteiger charge is -2.11. The van der Waals surface area contributed by atoms with Crippen LogP contribution in [-0.4, -0.2) is 35.0 Å². The van der Waals surface area contributed by atoms with Crippen molar-refractivity contribution in [3.8, 4) is 12.3 Å². The van der Waals surface area contributed by atoms with Crippen LogP contribution < -0.4 is 0 Å². The average molecular weight is 172 g/mol. The standard InChI is InChI=1S/C8H12O4/c1-3-7(10)8(11)4-5-12-6(2)9/h1,7-8,10-11H,4-5H2,2H3. The molecular weight excluding hydrogens is 160 g/mol. The Morgan fingerprint density at radius 2 is 2.25 bits per heavy atom. The first-order valence-electron chi connectivity index (χ1n) is 3.53. The van der Waals surface area contributed by atoms with Crippen LogP contribution in [0.5, 0.6) is 0 Å². The summed E-state index contributed by atoms with van der Waals surface area (Å²) in [5.41, 5.74) is 0. The van der Waals surface area contributed by atoms with Crippen molar-refractivity contribution in [2.45, 2.75) is 25.6 Å². The fraction of sp³-hybridized carbons (Fsp3) is 0.625. The summed E-state index contributed by atoms with van der Waals surface area (Å²) in [5, 5.41) is 17.9. The molecule has 0 heterocycles. The fourth-order valence-electron chi connectivity index (χ4n) is 0.592. The predicted molar refractivity (Wildman–Crippen MR) is 42.1 cm³/mol. The van der Waals surface area contributed by atoms with Gasteiger partial charge in [0, 0.05) is 13.3 Å². The number of rotatable bonds is 4. The molecule has 4 heteroatoms. The van der Waals surface area contributed by atoms with Crippen LogP contribution in [0.1, 0.15) is 13.3 Å². The van der Waals surface area contributed by atoms with Gasteiger partial charge in [0.2, 0.25) is 0 Å². The molecule has 4 nitrogen and oxygen atoms in total. The van der Waals surface area contributed by atoms with E-state index in [2.05, 4.69) is 4.74 Å². The Morgan fingerprint density at radius 3 is 2.67 bits per heavy atom.